The number of rotatable bonds is 2. The van der Waals surface area contributed by atoms with Crippen molar-refractivity contribution in [3.8, 4) is 34.5 Å². The van der Waals surface area contributed by atoms with Crippen LogP contribution in [0.15, 0.2) is 45.5 Å². The van der Waals surface area contributed by atoms with Crippen molar-refractivity contribution in [3.05, 3.63) is 41.0 Å². The van der Waals surface area contributed by atoms with Gasteiger partial charge in [0, 0.05) is 10.7 Å². The number of nitrogens with zero attached hydrogens (tertiary/aromatic N) is 3. The highest BCUT2D eigenvalue weighted by atomic mass is 79.9. The van der Waals surface area contributed by atoms with Crippen molar-refractivity contribution in [1.29, 1.82) is 0 Å². The second-order valence-electron chi connectivity index (χ2n) is 3.96. The Balaban J connectivity index is 2.07. The van der Waals surface area contributed by atoms with Crippen molar-refractivity contribution in [2.75, 3.05) is 0 Å². The van der Waals surface area contributed by atoms with Gasteiger partial charge in [-0.3, -0.25) is 4.98 Å². The van der Waals surface area contributed by atoms with Gasteiger partial charge in [-0.05, 0) is 46.3 Å². The van der Waals surface area contributed by atoms with Crippen LogP contribution in [-0.4, -0.2) is 25.3 Å². The number of hydrogen-bond acceptors (Lipinski definition) is 6. The molecule has 0 radical (unpaired) electrons. The Morgan fingerprint density at radius 1 is 1.15 bits per heavy atom. The van der Waals surface area contributed by atoms with Crippen molar-refractivity contribution in [1.82, 2.24) is 15.1 Å². The molecule has 100 valence electrons. The lowest BCUT2D eigenvalue weighted by Crippen LogP contribution is -1.86. The predicted octanol–water partition coefficient (Wildman–Crippen LogP) is 2.97. The number of benzene rings is 1. The highest BCUT2D eigenvalue weighted by molar-refractivity contribution is 9.10. The third-order valence-electron chi connectivity index (χ3n) is 2.61. The van der Waals surface area contributed by atoms with E-state index in [9.17, 15) is 10.2 Å². The molecule has 2 aromatic heterocycles. The molecule has 2 N–H and O–H groups in total. The monoisotopic (exact) mass is 333 g/mol. The van der Waals surface area contributed by atoms with Crippen LogP contribution in [0.1, 0.15) is 0 Å². The van der Waals surface area contributed by atoms with Crippen LogP contribution in [0.25, 0.3) is 23.0 Å². The molecule has 0 fully saturated rings. The second-order valence-corrected chi connectivity index (χ2v) is 4.81. The lowest BCUT2D eigenvalue weighted by molar-refractivity contribution is 0.423. The van der Waals surface area contributed by atoms with Crippen molar-refractivity contribution in [3.63, 3.8) is 0 Å². The molecule has 20 heavy (non-hydrogen) atoms. The van der Waals surface area contributed by atoms with Crippen molar-refractivity contribution in [2.24, 2.45) is 0 Å². The summed E-state index contributed by atoms with van der Waals surface area (Å²) in [5.41, 5.74) is 0.790. The summed E-state index contributed by atoms with van der Waals surface area (Å²) in [6.07, 6.45) is 1.61. The third-order valence-corrected chi connectivity index (χ3v) is 3.25. The smallest absolute Gasteiger partial charge is 0.262 e. The third kappa shape index (κ3) is 2.23. The van der Waals surface area contributed by atoms with Crippen LogP contribution in [0.2, 0.25) is 0 Å². The first kappa shape index (κ1) is 12.6. The normalized spacial score (nSPS) is 10.7. The van der Waals surface area contributed by atoms with Crippen LogP contribution in [0, 0.1) is 0 Å². The van der Waals surface area contributed by atoms with Gasteiger partial charge in [-0.1, -0.05) is 5.16 Å². The Hall–Kier alpha value is -2.41. The highest BCUT2D eigenvalue weighted by Gasteiger charge is 2.16. The van der Waals surface area contributed by atoms with E-state index in [2.05, 4.69) is 31.1 Å². The van der Waals surface area contributed by atoms with E-state index in [1.807, 2.05) is 6.07 Å². The van der Waals surface area contributed by atoms with Crippen LogP contribution in [0.4, 0.5) is 0 Å². The molecule has 0 aliphatic rings. The average Bonchev–Trinajstić information content (AvgIpc) is 2.91. The SMILES string of the molecule is Oc1ccc(O)c(-c2nc(-c3ncccc3Br)no2)c1. The van der Waals surface area contributed by atoms with Crippen molar-refractivity contribution >= 4 is 15.9 Å². The van der Waals surface area contributed by atoms with E-state index in [-0.39, 0.29) is 28.8 Å². The fourth-order valence-corrected chi connectivity index (χ4v) is 2.11. The number of aromatic hydroxyl groups is 2. The number of hydrogen-bond donors (Lipinski definition) is 2. The molecule has 0 saturated carbocycles. The van der Waals surface area contributed by atoms with E-state index >= 15 is 0 Å². The molecule has 3 rings (SSSR count). The lowest BCUT2D eigenvalue weighted by atomic mass is 10.2. The maximum absolute atomic E-state index is 9.76. The molecule has 1 aromatic carbocycles. The average molecular weight is 334 g/mol. The maximum Gasteiger partial charge on any atom is 0.262 e. The van der Waals surface area contributed by atoms with Gasteiger partial charge < -0.3 is 14.7 Å². The van der Waals surface area contributed by atoms with Crippen LogP contribution < -0.4 is 0 Å². The van der Waals surface area contributed by atoms with Gasteiger partial charge in [-0.25, -0.2) is 0 Å². The number of pyridine rings is 1. The fourth-order valence-electron chi connectivity index (χ4n) is 1.67. The summed E-state index contributed by atoms with van der Waals surface area (Å²) < 4.78 is 5.83. The minimum atomic E-state index is -0.0573. The molecule has 7 heteroatoms. The van der Waals surface area contributed by atoms with Gasteiger partial charge >= 0.3 is 0 Å². The molecule has 0 atom stereocenters. The topological polar surface area (TPSA) is 92.3 Å². The number of aromatic nitrogens is 3. The molecular weight excluding hydrogens is 326 g/mol. The molecule has 2 heterocycles. The quantitative estimate of drug-likeness (QED) is 0.700. The Morgan fingerprint density at radius 3 is 2.80 bits per heavy atom. The van der Waals surface area contributed by atoms with E-state index < -0.39 is 0 Å². The minimum Gasteiger partial charge on any atom is -0.508 e. The van der Waals surface area contributed by atoms with Gasteiger partial charge in [0.2, 0.25) is 5.82 Å². The van der Waals surface area contributed by atoms with Crippen molar-refractivity contribution in [2.45, 2.75) is 0 Å². The van der Waals surface area contributed by atoms with Gasteiger partial charge in [0.05, 0.1) is 5.56 Å². The van der Waals surface area contributed by atoms with Gasteiger partial charge in [-0.15, -0.1) is 0 Å². The van der Waals surface area contributed by atoms with Crippen LogP contribution in [-0.2, 0) is 0 Å². The molecule has 0 aliphatic heterocycles. The van der Waals surface area contributed by atoms with E-state index in [1.165, 1.54) is 18.2 Å². The molecule has 0 bridgehead atoms. The van der Waals surface area contributed by atoms with Crippen LogP contribution >= 0.6 is 15.9 Å². The molecular formula is C13H8BrN3O3. The predicted molar refractivity (Wildman–Crippen MR) is 74.0 cm³/mol. The van der Waals surface area contributed by atoms with Crippen LogP contribution in [0.3, 0.4) is 0 Å². The minimum absolute atomic E-state index is 0.00318. The molecule has 0 spiro atoms. The maximum atomic E-state index is 9.76. The van der Waals surface area contributed by atoms with Gasteiger partial charge in [0.15, 0.2) is 0 Å². The summed E-state index contributed by atoms with van der Waals surface area (Å²) in [5, 5.41) is 23.0. The first-order valence-electron chi connectivity index (χ1n) is 5.62. The largest absolute Gasteiger partial charge is 0.508 e. The van der Waals surface area contributed by atoms with E-state index in [4.69, 9.17) is 4.52 Å². The van der Waals surface area contributed by atoms with E-state index in [1.54, 1.807) is 12.3 Å². The summed E-state index contributed by atoms with van der Waals surface area (Å²) in [5.74, 6) is 0.329. The molecule has 3 aromatic rings. The second kappa shape index (κ2) is 4.93. The summed E-state index contributed by atoms with van der Waals surface area (Å²) in [6, 6.07) is 7.65. The van der Waals surface area contributed by atoms with Crippen molar-refractivity contribution < 1.29 is 14.7 Å². The summed E-state index contributed by atoms with van der Waals surface area (Å²) in [4.78, 5) is 8.32. The Bertz CT molecular complexity index is 773. The van der Waals surface area contributed by atoms with Gasteiger partial charge in [0.1, 0.15) is 17.2 Å². The fraction of sp³-hybridized carbons (Fsp3) is 0. The Morgan fingerprint density at radius 2 is 2.00 bits per heavy atom. The molecule has 6 nitrogen and oxygen atoms in total. The molecule has 0 saturated heterocycles. The highest BCUT2D eigenvalue weighted by Crippen LogP contribution is 2.32. The van der Waals surface area contributed by atoms with E-state index in [0.29, 0.717) is 5.69 Å². The first-order chi connectivity index (χ1) is 9.65. The molecule has 0 unspecified atom stereocenters. The zero-order valence-electron chi connectivity index (χ0n) is 9.99. The number of phenols is 2. The first-order valence-corrected chi connectivity index (χ1v) is 6.41. The summed E-state index contributed by atoms with van der Waals surface area (Å²) >= 11 is 3.35. The van der Waals surface area contributed by atoms with Gasteiger partial charge in [-0.2, -0.15) is 4.98 Å². The number of halogens is 1. The number of phenolic OH excluding ortho intramolecular Hbond substituents is 2. The van der Waals surface area contributed by atoms with Crippen LogP contribution in [0.5, 0.6) is 11.5 Å². The summed E-state index contributed by atoms with van der Waals surface area (Å²) in [7, 11) is 0. The summed E-state index contributed by atoms with van der Waals surface area (Å²) in [6.45, 7) is 0. The zero-order chi connectivity index (χ0) is 14.1. The standard InChI is InChI=1S/C13H8BrN3O3/c14-9-2-1-5-15-11(9)12-16-13(20-17-12)8-6-7(18)3-4-10(8)19/h1-6,18-19H. The zero-order valence-corrected chi connectivity index (χ0v) is 11.6. The Kier molecular flexibility index (Phi) is 3.11. The Labute approximate surface area is 121 Å². The van der Waals surface area contributed by atoms with E-state index in [0.717, 1.165) is 4.47 Å². The lowest BCUT2D eigenvalue weighted by Gasteiger charge is -1.99. The van der Waals surface area contributed by atoms with Gasteiger partial charge in [0.25, 0.3) is 5.89 Å². The molecule has 0 amide bonds. The molecule has 0 aliphatic carbocycles.